The molecule has 0 aliphatic carbocycles. The molecule has 2 rings (SSSR count). The normalized spacial score (nSPS) is 12.0. The largest absolute Gasteiger partial charge is 0.446 e. The van der Waals surface area contributed by atoms with Crippen molar-refractivity contribution in [2.75, 3.05) is 18.8 Å². The zero-order valence-electron chi connectivity index (χ0n) is 15.9. The van der Waals surface area contributed by atoms with Crippen molar-refractivity contribution in [2.45, 2.75) is 33.4 Å². The van der Waals surface area contributed by atoms with E-state index in [4.69, 9.17) is 10.5 Å². The number of carbonyl (C=O) groups excluding carboxylic acids is 2. The number of halogens is 1. The van der Waals surface area contributed by atoms with Gasteiger partial charge in [-0.05, 0) is 55.9 Å². The average Bonchev–Trinajstić information content (AvgIpc) is 2.64. The molecule has 1 atom stereocenters. The molecule has 0 amide bonds. The number of hydrogen-bond donors (Lipinski definition) is 1. The van der Waals surface area contributed by atoms with E-state index < -0.39 is 0 Å². The lowest BCUT2D eigenvalue weighted by atomic mass is 9.98. The Kier molecular flexibility index (Phi) is 7.56. The number of hydrogen-bond acceptors (Lipinski definition) is 5. The summed E-state index contributed by atoms with van der Waals surface area (Å²) in [5.74, 6) is -0.541. The standard InChI is InChI=1S/C21H25BrN2O3/c1-4-24(5-2)14(3)27-19(25)13-16-7-6-8-18(20(16)23)21(26)15-9-11-17(22)12-10-15/h6-12,14H,4-5,13,23H2,1-3H3. The summed E-state index contributed by atoms with van der Waals surface area (Å²) >= 11 is 3.35. The maximum Gasteiger partial charge on any atom is 0.311 e. The number of benzene rings is 2. The van der Waals surface area contributed by atoms with Crippen molar-refractivity contribution in [3.63, 3.8) is 0 Å². The fourth-order valence-corrected chi connectivity index (χ4v) is 3.19. The van der Waals surface area contributed by atoms with E-state index in [9.17, 15) is 9.59 Å². The molecule has 1 unspecified atom stereocenters. The van der Waals surface area contributed by atoms with Gasteiger partial charge in [0.05, 0.1) is 6.42 Å². The number of para-hydroxylation sites is 1. The first kappa shape index (κ1) is 21.1. The van der Waals surface area contributed by atoms with E-state index in [1.165, 1.54) is 0 Å². The zero-order chi connectivity index (χ0) is 20.0. The Morgan fingerprint density at radius 1 is 1.11 bits per heavy atom. The second-order valence-corrected chi connectivity index (χ2v) is 7.12. The Hall–Kier alpha value is -2.18. The molecular formula is C21H25BrN2O3. The third kappa shape index (κ3) is 5.40. The van der Waals surface area contributed by atoms with Crippen molar-refractivity contribution in [2.24, 2.45) is 0 Å². The molecule has 0 saturated heterocycles. The van der Waals surface area contributed by atoms with Crippen LogP contribution >= 0.6 is 15.9 Å². The van der Waals surface area contributed by atoms with Gasteiger partial charge in [-0.25, -0.2) is 0 Å². The topological polar surface area (TPSA) is 72.6 Å². The van der Waals surface area contributed by atoms with Crippen LogP contribution in [0.5, 0.6) is 0 Å². The molecule has 0 spiro atoms. The van der Waals surface area contributed by atoms with Gasteiger partial charge >= 0.3 is 5.97 Å². The highest BCUT2D eigenvalue weighted by Crippen LogP contribution is 2.23. The summed E-state index contributed by atoms with van der Waals surface area (Å²) < 4.78 is 6.39. The fourth-order valence-electron chi connectivity index (χ4n) is 2.92. The van der Waals surface area contributed by atoms with E-state index in [1.54, 1.807) is 42.5 Å². The first-order chi connectivity index (χ1) is 12.9. The molecule has 2 N–H and O–H groups in total. The molecule has 0 saturated carbocycles. The van der Waals surface area contributed by atoms with Crippen LogP contribution in [0.4, 0.5) is 5.69 Å². The third-order valence-electron chi connectivity index (χ3n) is 4.51. The monoisotopic (exact) mass is 432 g/mol. The minimum Gasteiger partial charge on any atom is -0.446 e. The van der Waals surface area contributed by atoms with E-state index in [-0.39, 0.29) is 24.4 Å². The summed E-state index contributed by atoms with van der Waals surface area (Å²) in [5.41, 5.74) is 8.03. The van der Waals surface area contributed by atoms with Crippen molar-refractivity contribution in [1.82, 2.24) is 4.90 Å². The van der Waals surface area contributed by atoms with Crippen LogP contribution in [0.15, 0.2) is 46.9 Å². The molecule has 0 aliphatic rings. The minimum absolute atomic E-state index is 0.0267. The molecule has 0 aliphatic heterocycles. The quantitative estimate of drug-likeness (QED) is 0.295. The number of anilines is 1. The SMILES string of the molecule is CCN(CC)C(C)OC(=O)Cc1cccc(C(=O)c2ccc(Br)cc2)c1N. The van der Waals surface area contributed by atoms with Crippen LogP contribution in [0.2, 0.25) is 0 Å². The molecule has 0 radical (unpaired) electrons. The summed E-state index contributed by atoms with van der Waals surface area (Å²) in [6, 6.07) is 12.2. The van der Waals surface area contributed by atoms with Crippen molar-refractivity contribution in [1.29, 1.82) is 0 Å². The number of esters is 1. The van der Waals surface area contributed by atoms with Crippen LogP contribution < -0.4 is 5.73 Å². The first-order valence-corrected chi connectivity index (χ1v) is 9.77. The lowest BCUT2D eigenvalue weighted by Crippen LogP contribution is -2.36. The number of nitrogen functional groups attached to an aromatic ring is 1. The molecule has 6 heteroatoms. The van der Waals surface area contributed by atoms with Gasteiger partial charge in [0, 0.05) is 21.3 Å². The number of rotatable bonds is 8. The number of nitrogens with zero attached hydrogens (tertiary/aromatic N) is 1. The summed E-state index contributed by atoms with van der Waals surface area (Å²) in [6.07, 6.45) is -0.278. The Balaban J connectivity index is 2.15. The van der Waals surface area contributed by atoms with Crippen LogP contribution in [0.3, 0.4) is 0 Å². The Bertz CT molecular complexity index is 802. The molecular weight excluding hydrogens is 408 g/mol. The van der Waals surface area contributed by atoms with E-state index in [1.807, 2.05) is 25.7 Å². The van der Waals surface area contributed by atoms with E-state index in [2.05, 4.69) is 15.9 Å². The number of ketones is 1. The second-order valence-electron chi connectivity index (χ2n) is 6.20. The van der Waals surface area contributed by atoms with Crippen LogP contribution in [0, 0.1) is 0 Å². The van der Waals surface area contributed by atoms with Crippen molar-refractivity contribution >= 4 is 33.4 Å². The molecule has 2 aromatic carbocycles. The predicted octanol–water partition coefficient (Wildman–Crippen LogP) is 4.04. The highest BCUT2D eigenvalue weighted by Gasteiger charge is 2.19. The predicted molar refractivity (Wildman–Crippen MR) is 111 cm³/mol. The summed E-state index contributed by atoms with van der Waals surface area (Å²) in [7, 11) is 0. The second kappa shape index (κ2) is 9.67. The van der Waals surface area contributed by atoms with Crippen molar-refractivity contribution in [3.05, 3.63) is 63.6 Å². The van der Waals surface area contributed by atoms with Crippen LogP contribution in [0.25, 0.3) is 0 Å². The Morgan fingerprint density at radius 3 is 2.33 bits per heavy atom. The van der Waals surface area contributed by atoms with Gasteiger partial charge in [0.25, 0.3) is 0 Å². The van der Waals surface area contributed by atoms with Crippen LogP contribution in [-0.2, 0) is 16.0 Å². The molecule has 144 valence electrons. The molecule has 27 heavy (non-hydrogen) atoms. The van der Waals surface area contributed by atoms with E-state index in [0.29, 0.717) is 22.4 Å². The highest BCUT2D eigenvalue weighted by atomic mass is 79.9. The first-order valence-electron chi connectivity index (χ1n) is 8.98. The number of nitrogens with two attached hydrogens (primary N) is 1. The van der Waals surface area contributed by atoms with E-state index in [0.717, 1.165) is 17.6 Å². The van der Waals surface area contributed by atoms with Gasteiger partial charge in [-0.2, -0.15) is 0 Å². The van der Waals surface area contributed by atoms with Gasteiger partial charge in [0.2, 0.25) is 0 Å². The van der Waals surface area contributed by atoms with Crippen molar-refractivity contribution in [3.8, 4) is 0 Å². The zero-order valence-corrected chi connectivity index (χ0v) is 17.5. The minimum atomic E-state index is -0.366. The molecule has 0 bridgehead atoms. The van der Waals surface area contributed by atoms with E-state index >= 15 is 0 Å². The maximum atomic E-state index is 12.7. The third-order valence-corrected chi connectivity index (χ3v) is 5.04. The van der Waals surface area contributed by atoms with Crippen LogP contribution in [-0.4, -0.2) is 36.0 Å². The Morgan fingerprint density at radius 2 is 1.74 bits per heavy atom. The average molecular weight is 433 g/mol. The van der Waals surface area contributed by atoms with Gasteiger partial charge in [-0.15, -0.1) is 0 Å². The lowest BCUT2D eigenvalue weighted by molar-refractivity contribution is -0.156. The summed E-state index contributed by atoms with van der Waals surface area (Å²) in [6.45, 7) is 7.47. The smallest absolute Gasteiger partial charge is 0.311 e. The lowest BCUT2D eigenvalue weighted by Gasteiger charge is -2.26. The number of carbonyl (C=O) groups is 2. The Labute approximate surface area is 168 Å². The summed E-state index contributed by atoms with van der Waals surface area (Å²) in [4.78, 5) is 27.1. The molecule has 0 fully saturated rings. The highest BCUT2D eigenvalue weighted by molar-refractivity contribution is 9.10. The molecule has 0 aromatic heterocycles. The molecule has 0 heterocycles. The van der Waals surface area contributed by atoms with Crippen molar-refractivity contribution < 1.29 is 14.3 Å². The van der Waals surface area contributed by atoms with Gasteiger partial charge in [-0.1, -0.05) is 41.9 Å². The molecule has 2 aromatic rings. The maximum absolute atomic E-state index is 12.7. The van der Waals surface area contributed by atoms with Gasteiger partial charge in [-0.3, -0.25) is 14.5 Å². The van der Waals surface area contributed by atoms with Crippen LogP contribution in [0.1, 0.15) is 42.3 Å². The number of ether oxygens (including phenoxy) is 1. The fraction of sp³-hybridized carbons (Fsp3) is 0.333. The van der Waals surface area contributed by atoms with Gasteiger partial charge in [0.1, 0.15) is 0 Å². The summed E-state index contributed by atoms with van der Waals surface area (Å²) in [5, 5.41) is 0. The van der Waals surface area contributed by atoms with Gasteiger partial charge < -0.3 is 10.5 Å². The molecule has 5 nitrogen and oxygen atoms in total. The van der Waals surface area contributed by atoms with Gasteiger partial charge in [0.15, 0.2) is 12.0 Å².